The van der Waals surface area contributed by atoms with Gasteiger partial charge in [0.15, 0.2) is 0 Å². The van der Waals surface area contributed by atoms with E-state index in [0.717, 1.165) is 19.0 Å². The maximum Gasteiger partial charge on any atom is 0.333 e. The molecule has 0 aliphatic carbocycles. The maximum absolute atomic E-state index is 13.6. The van der Waals surface area contributed by atoms with Gasteiger partial charge in [-0.15, -0.1) is 0 Å². The largest absolute Gasteiger partial charge is 0.349 e. The molecule has 25 heavy (non-hydrogen) atoms. The van der Waals surface area contributed by atoms with Crippen LogP contribution in [0, 0.1) is 15.9 Å². The van der Waals surface area contributed by atoms with Gasteiger partial charge in [0, 0.05) is 18.3 Å². The Bertz CT molecular complexity index is 978. The minimum Gasteiger partial charge on any atom is -0.349 e. The van der Waals surface area contributed by atoms with Gasteiger partial charge in [0.25, 0.3) is 0 Å². The van der Waals surface area contributed by atoms with Gasteiger partial charge in [-0.2, -0.15) is 5.10 Å². The summed E-state index contributed by atoms with van der Waals surface area (Å²) in [4.78, 5) is 20.8. The van der Waals surface area contributed by atoms with Crippen molar-refractivity contribution in [3.05, 3.63) is 57.4 Å². The molecule has 128 valence electrons. The topological polar surface area (TPSA) is 89.5 Å². The molecule has 10 heteroatoms. The van der Waals surface area contributed by atoms with Crippen molar-refractivity contribution < 1.29 is 9.31 Å². The highest BCUT2D eigenvalue weighted by Gasteiger charge is 2.30. The highest BCUT2D eigenvalue weighted by molar-refractivity contribution is 6.30. The molecule has 4 rings (SSSR count). The number of rotatable bonds is 3. The van der Waals surface area contributed by atoms with E-state index in [0.29, 0.717) is 17.9 Å². The van der Waals surface area contributed by atoms with Gasteiger partial charge in [0.2, 0.25) is 5.65 Å². The van der Waals surface area contributed by atoms with Crippen LogP contribution >= 0.6 is 11.6 Å². The second-order valence-corrected chi connectivity index (χ2v) is 6.08. The third-order valence-corrected chi connectivity index (χ3v) is 4.59. The van der Waals surface area contributed by atoms with Crippen molar-refractivity contribution >= 4 is 28.8 Å². The zero-order valence-corrected chi connectivity index (χ0v) is 13.6. The molecule has 3 aromatic heterocycles. The zero-order chi connectivity index (χ0) is 17.6. The average molecular weight is 363 g/mol. The average Bonchev–Trinajstić information content (AvgIpc) is 3.22. The van der Waals surface area contributed by atoms with Crippen LogP contribution in [-0.2, 0) is 0 Å². The van der Waals surface area contributed by atoms with Gasteiger partial charge >= 0.3 is 5.69 Å². The first-order valence-corrected chi connectivity index (χ1v) is 7.99. The first-order valence-electron chi connectivity index (χ1n) is 7.61. The predicted octanol–water partition coefficient (Wildman–Crippen LogP) is 3.17. The standard InChI is InChI=1S/C15H12ClFN6O2/c16-14-10(6-9(17)7-18-14)11-2-1-4-21(11)13-3-5-22-15(20-13)12(8-19-22)23(24)25/h3,5-8,11H,1-2,4H2. The van der Waals surface area contributed by atoms with Crippen LogP contribution in [0.2, 0.25) is 5.15 Å². The quantitative estimate of drug-likeness (QED) is 0.404. The molecule has 0 aromatic carbocycles. The Balaban J connectivity index is 1.77. The molecule has 0 saturated carbocycles. The summed E-state index contributed by atoms with van der Waals surface area (Å²) >= 11 is 6.15. The van der Waals surface area contributed by atoms with Crippen molar-refractivity contribution in [3.8, 4) is 0 Å². The number of nitrogens with zero attached hydrogens (tertiary/aromatic N) is 6. The van der Waals surface area contributed by atoms with E-state index < -0.39 is 10.7 Å². The molecule has 1 saturated heterocycles. The van der Waals surface area contributed by atoms with E-state index in [9.17, 15) is 14.5 Å². The van der Waals surface area contributed by atoms with Crippen LogP contribution in [0.3, 0.4) is 0 Å². The molecule has 4 heterocycles. The van der Waals surface area contributed by atoms with Crippen molar-refractivity contribution in [2.24, 2.45) is 0 Å². The Kier molecular flexibility index (Phi) is 3.72. The van der Waals surface area contributed by atoms with Crippen molar-refractivity contribution in [3.63, 3.8) is 0 Å². The molecule has 3 aromatic rings. The van der Waals surface area contributed by atoms with Gasteiger partial charge < -0.3 is 4.90 Å². The summed E-state index contributed by atoms with van der Waals surface area (Å²) in [6.45, 7) is 0.683. The molecular weight excluding hydrogens is 351 g/mol. The monoisotopic (exact) mass is 362 g/mol. The van der Waals surface area contributed by atoms with Crippen molar-refractivity contribution in [2.45, 2.75) is 18.9 Å². The van der Waals surface area contributed by atoms with Gasteiger partial charge in [-0.25, -0.2) is 18.9 Å². The lowest BCUT2D eigenvalue weighted by atomic mass is 10.1. The number of pyridine rings is 1. The smallest absolute Gasteiger partial charge is 0.333 e. The van der Waals surface area contributed by atoms with Crippen LogP contribution < -0.4 is 4.90 Å². The number of nitro groups is 1. The summed E-state index contributed by atoms with van der Waals surface area (Å²) in [7, 11) is 0. The fourth-order valence-corrected chi connectivity index (χ4v) is 3.40. The Hall–Kier alpha value is -2.81. The van der Waals surface area contributed by atoms with Crippen molar-refractivity contribution in [2.75, 3.05) is 11.4 Å². The number of anilines is 1. The third kappa shape index (κ3) is 2.66. The van der Waals surface area contributed by atoms with Gasteiger partial charge in [-0.05, 0) is 25.0 Å². The number of halogens is 2. The van der Waals surface area contributed by atoms with Gasteiger partial charge in [-0.3, -0.25) is 10.1 Å². The molecule has 1 atom stereocenters. The lowest BCUT2D eigenvalue weighted by Gasteiger charge is -2.26. The summed E-state index contributed by atoms with van der Waals surface area (Å²) in [5.74, 6) is 0.0972. The van der Waals surface area contributed by atoms with Crippen LogP contribution in [0.25, 0.3) is 5.65 Å². The molecule has 0 spiro atoms. The summed E-state index contributed by atoms with van der Waals surface area (Å²) in [5, 5.41) is 15.3. The first kappa shape index (κ1) is 15.7. The van der Waals surface area contributed by atoms with E-state index in [1.54, 1.807) is 12.3 Å². The molecule has 8 nitrogen and oxygen atoms in total. The van der Waals surface area contributed by atoms with Crippen molar-refractivity contribution in [1.29, 1.82) is 0 Å². The number of hydrogen-bond donors (Lipinski definition) is 0. The van der Waals surface area contributed by atoms with E-state index in [1.165, 1.54) is 16.8 Å². The molecule has 1 unspecified atom stereocenters. The number of hydrogen-bond acceptors (Lipinski definition) is 6. The fourth-order valence-electron chi connectivity index (χ4n) is 3.17. The van der Waals surface area contributed by atoms with E-state index in [1.807, 2.05) is 4.90 Å². The highest BCUT2D eigenvalue weighted by Crippen LogP contribution is 2.38. The minimum atomic E-state index is -0.520. The molecule has 0 bridgehead atoms. The molecule has 1 aliphatic heterocycles. The SMILES string of the molecule is O=[N+]([O-])c1cnn2ccc(N3CCCC3c3cc(F)cnc3Cl)nc12. The summed E-state index contributed by atoms with van der Waals surface area (Å²) in [6, 6.07) is 2.91. The predicted molar refractivity (Wildman–Crippen MR) is 88.2 cm³/mol. The third-order valence-electron chi connectivity index (χ3n) is 4.27. The Morgan fingerprint density at radius 2 is 2.24 bits per heavy atom. The molecule has 0 amide bonds. The van der Waals surface area contributed by atoms with Gasteiger partial charge in [0.05, 0.1) is 17.2 Å². The normalized spacial score (nSPS) is 17.4. The number of fused-ring (bicyclic) bond motifs is 1. The lowest BCUT2D eigenvalue weighted by molar-refractivity contribution is -0.383. The van der Waals surface area contributed by atoms with Crippen LogP contribution in [0.5, 0.6) is 0 Å². The van der Waals surface area contributed by atoms with Crippen molar-refractivity contribution in [1.82, 2.24) is 19.6 Å². The Morgan fingerprint density at radius 3 is 3.04 bits per heavy atom. The van der Waals surface area contributed by atoms with Gasteiger partial charge in [-0.1, -0.05) is 11.6 Å². The van der Waals surface area contributed by atoms with E-state index in [2.05, 4.69) is 15.1 Å². The van der Waals surface area contributed by atoms with E-state index >= 15 is 0 Å². The molecule has 1 aliphatic rings. The van der Waals surface area contributed by atoms with E-state index in [-0.39, 0.29) is 22.5 Å². The Labute approximate surface area is 146 Å². The molecule has 0 radical (unpaired) electrons. The Morgan fingerprint density at radius 1 is 1.40 bits per heavy atom. The van der Waals surface area contributed by atoms with Gasteiger partial charge in [0.1, 0.15) is 23.0 Å². The maximum atomic E-state index is 13.6. The molecule has 0 N–H and O–H groups in total. The summed E-state index contributed by atoms with van der Waals surface area (Å²) < 4.78 is 14.9. The second kappa shape index (κ2) is 5.92. The van der Waals surface area contributed by atoms with Crippen LogP contribution in [0.1, 0.15) is 24.4 Å². The zero-order valence-electron chi connectivity index (χ0n) is 12.8. The summed E-state index contributed by atoms with van der Waals surface area (Å²) in [6.07, 6.45) is 5.49. The minimum absolute atomic E-state index is 0.164. The van der Waals surface area contributed by atoms with E-state index in [4.69, 9.17) is 11.6 Å². The van der Waals surface area contributed by atoms with Crippen LogP contribution in [-0.4, -0.2) is 31.1 Å². The number of aromatic nitrogens is 4. The highest BCUT2D eigenvalue weighted by atomic mass is 35.5. The summed E-state index contributed by atoms with van der Waals surface area (Å²) in [5.41, 5.74) is 0.587. The van der Waals surface area contributed by atoms with Crippen LogP contribution in [0.4, 0.5) is 15.9 Å². The molecule has 1 fully saturated rings. The first-order chi connectivity index (χ1) is 12.0. The second-order valence-electron chi connectivity index (χ2n) is 5.73. The van der Waals surface area contributed by atoms with Crippen LogP contribution in [0.15, 0.2) is 30.7 Å². The fraction of sp³-hybridized carbons (Fsp3) is 0.267. The lowest BCUT2D eigenvalue weighted by Crippen LogP contribution is -2.24. The molecular formula is C15H12ClFN6O2.